The summed E-state index contributed by atoms with van der Waals surface area (Å²) in [6.45, 7) is 4.01. The Balaban J connectivity index is 2.29. The number of hydrogen-bond acceptors (Lipinski definition) is 3. The van der Waals surface area contributed by atoms with Gasteiger partial charge in [-0.1, -0.05) is 24.3 Å². The number of nitrogen functional groups attached to an aromatic ring is 2. The molecule has 0 aliphatic rings. The summed E-state index contributed by atoms with van der Waals surface area (Å²) < 4.78 is 2.15. The standard InChI is InChI=1S/C20H18N4/c1-12-8-9-16-20(19(12)22)24(14-6-4-3-5-7-14)18-11-15(21)13(2)10-17(18)23-16/h3-11,21H,22H2,1-2H3/p+1. The van der Waals surface area contributed by atoms with E-state index in [1.807, 2.05) is 56.3 Å². The van der Waals surface area contributed by atoms with E-state index in [1.54, 1.807) is 0 Å². The Labute approximate surface area is 140 Å². The van der Waals surface area contributed by atoms with Gasteiger partial charge in [-0.2, -0.15) is 0 Å². The van der Waals surface area contributed by atoms with Crippen LogP contribution in [0.25, 0.3) is 27.8 Å². The number of hydrogen-bond donors (Lipinski definition) is 2. The van der Waals surface area contributed by atoms with E-state index in [0.29, 0.717) is 0 Å². The summed E-state index contributed by atoms with van der Waals surface area (Å²) in [6, 6.07) is 18.2. The first-order chi connectivity index (χ1) is 11.6. The van der Waals surface area contributed by atoms with Crippen LogP contribution < -0.4 is 16.0 Å². The first kappa shape index (κ1) is 14.5. The molecule has 1 heterocycles. The number of fused-ring (bicyclic) bond motifs is 2. The van der Waals surface area contributed by atoms with Crippen molar-refractivity contribution in [2.24, 2.45) is 0 Å². The van der Waals surface area contributed by atoms with E-state index in [0.717, 1.165) is 50.3 Å². The molecule has 0 fully saturated rings. The highest BCUT2D eigenvalue weighted by Gasteiger charge is 2.23. The SMILES string of the molecule is Cc1cc2nc3ccc(C)c(N)c3[n+](-c3ccccc3)c2cc1N. The molecule has 118 valence electrons. The van der Waals surface area contributed by atoms with Gasteiger partial charge in [0.05, 0.1) is 0 Å². The van der Waals surface area contributed by atoms with E-state index in [1.165, 1.54) is 0 Å². The number of nitrogens with two attached hydrogens (primary N) is 2. The molecular formula is C20H19N4+. The van der Waals surface area contributed by atoms with Crippen molar-refractivity contribution in [1.82, 2.24) is 4.98 Å². The lowest BCUT2D eigenvalue weighted by Crippen LogP contribution is -2.34. The molecule has 0 radical (unpaired) electrons. The van der Waals surface area contributed by atoms with E-state index >= 15 is 0 Å². The maximum Gasteiger partial charge on any atom is 0.260 e. The molecule has 4 N–H and O–H groups in total. The Kier molecular flexibility index (Phi) is 3.13. The molecular weight excluding hydrogens is 296 g/mol. The Morgan fingerprint density at radius 3 is 2.33 bits per heavy atom. The van der Waals surface area contributed by atoms with Crippen molar-refractivity contribution < 1.29 is 4.57 Å². The summed E-state index contributed by atoms with van der Waals surface area (Å²) >= 11 is 0. The van der Waals surface area contributed by atoms with Crippen LogP contribution >= 0.6 is 0 Å². The van der Waals surface area contributed by atoms with Crippen LogP contribution in [0.1, 0.15) is 11.1 Å². The van der Waals surface area contributed by atoms with Gasteiger partial charge >= 0.3 is 0 Å². The zero-order chi connectivity index (χ0) is 16.8. The molecule has 4 heteroatoms. The second kappa shape index (κ2) is 5.20. The fourth-order valence-corrected chi connectivity index (χ4v) is 3.08. The highest BCUT2D eigenvalue weighted by molar-refractivity contribution is 5.91. The van der Waals surface area contributed by atoms with Gasteiger partial charge in [-0.15, -0.1) is 4.57 Å². The molecule has 0 saturated carbocycles. The molecule has 0 saturated heterocycles. The molecule has 4 rings (SSSR count). The van der Waals surface area contributed by atoms with Crippen molar-refractivity contribution in [3.8, 4) is 5.69 Å². The van der Waals surface area contributed by atoms with E-state index in [4.69, 9.17) is 16.5 Å². The van der Waals surface area contributed by atoms with Crippen LogP contribution in [0.5, 0.6) is 0 Å². The topological polar surface area (TPSA) is 68.8 Å². The molecule has 0 spiro atoms. The molecule has 0 unspecified atom stereocenters. The summed E-state index contributed by atoms with van der Waals surface area (Å²) in [5, 5.41) is 0. The van der Waals surface area contributed by atoms with Crippen LogP contribution in [0.3, 0.4) is 0 Å². The van der Waals surface area contributed by atoms with Gasteiger partial charge in [-0.25, -0.2) is 4.98 Å². The number of para-hydroxylation sites is 1. The molecule has 4 nitrogen and oxygen atoms in total. The van der Waals surface area contributed by atoms with E-state index in [-0.39, 0.29) is 0 Å². The smallest absolute Gasteiger partial charge is 0.260 e. The minimum absolute atomic E-state index is 0.741. The van der Waals surface area contributed by atoms with Crippen molar-refractivity contribution >= 4 is 33.4 Å². The van der Waals surface area contributed by atoms with Crippen molar-refractivity contribution in [3.63, 3.8) is 0 Å². The van der Waals surface area contributed by atoms with Crippen molar-refractivity contribution in [2.75, 3.05) is 11.5 Å². The normalized spacial score (nSPS) is 11.2. The maximum absolute atomic E-state index is 6.42. The first-order valence-corrected chi connectivity index (χ1v) is 7.92. The maximum atomic E-state index is 6.42. The number of nitrogens with zero attached hydrogens (tertiary/aromatic N) is 2. The third kappa shape index (κ3) is 2.07. The lowest BCUT2D eigenvalue weighted by Gasteiger charge is -2.09. The second-order valence-corrected chi connectivity index (χ2v) is 6.14. The van der Waals surface area contributed by atoms with Crippen molar-refractivity contribution in [2.45, 2.75) is 13.8 Å². The van der Waals surface area contributed by atoms with E-state index in [9.17, 15) is 0 Å². The monoisotopic (exact) mass is 315 g/mol. The van der Waals surface area contributed by atoms with Gasteiger partial charge in [0.1, 0.15) is 16.7 Å². The van der Waals surface area contributed by atoms with E-state index in [2.05, 4.69) is 16.7 Å². The van der Waals surface area contributed by atoms with Crippen LogP contribution in [0, 0.1) is 13.8 Å². The Morgan fingerprint density at radius 1 is 0.833 bits per heavy atom. The lowest BCUT2D eigenvalue weighted by atomic mass is 10.1. The molecule has 24 heavy (non-hydrogen) atoms. The molecule has 1 aromatic heterocycles. The van der Waals surface area contributed by atoms with Gasteiger partial charge in [0.15, 0.2) is 0 Å². The van der Waals surface area contributed by atoms with Crippen LogP contribution in [-0.4, -0.2) is 4.98 Å². The van der Waals surface area contributed by atoms with E-state index < -0.39 is 0 Å². The molecule has 3 aromatic carbocycles. The van der Waals surface area contributed by atoms with Crippen LogP contribution in [0.15, 0.2) is 54.6 Å². The number of anilines is 2. The summed E-state index contributed by atoms with van der Waals surface area (Å²) in [4.78, 5) is 4.81. The van der Waals surface area contributed by atoms with Crippen LogP contribution in [0.4, 0.5) is 11.4 Å². The van der Waals surface area contributed by atoms with Gasteiger partial charge < -0.3 is 11.5 Å². The molecule has 0 amide bonds. The third-order valence-corrected chi connectivity index (χ3v) is 4.50. The largest absolute Gasteiger partial charge is 0.398 e. The zero-order valence-corrected chi connectivity index (χ0v) is 13.7. The number of rotatable bonds is 1. The predicted octanol–water partition coefficient (Wildman–Crippen LogP) is 3.45. The highest BCUT2D eigenvalue weighted by atomic mass is 15.0. The molecule has 4 aromatic rings. The number of aryl methyl sites for hydroxylation is 2. The molecule has 0 aliphatic heterocycles. The fourth-order valence-electron chi connectivity index (χ4n) is 3.08. The summed E-state index contributed by atoms with van der Waals surface area (Å²) in [7, 11) is 0. The lowest BCUT2D eigenvalue weighted by molar-refractivity contribution is -0.537. The summed E-state index contributed by atoms with van der Waals surface area (Å²) in [5.74, 6) is 0. The average molecular weight is 315 g/mol. The van der Waals surface area contributed by atoms with Gasteiger partial charge in [0, 0.05) is 23.9 Å². The summed E-state index contributed by atoms with van der Waals surface area (Å²) in [6.07, 6.45) is 0. The zero-order valence-electron chi connectivity index (χ0n) is 13.7. The van der Waals surface area contributed by atoms with Crippen molar-refractivity contribution in [1.29, 1.82) is 0 Å². The Hall–Kier alpha value is -3.14. The quantitative estimate of drug-likeness (QED) is 0.321. The Bertz CT molecular complexity index is 1080. The Morgan fingerprint density at radius 2 is 1.58 bits per heavy atom. The summed E-state index contributed by atoms with van der Waals surface area (Å²) in [5.41, 5.74) is 20.8. The third-order valence-electron chi connectivity index (χ3n) is 4.50. The van der Waals surface area contributed by atoms with Gasteiger partial charge in [0.2, 0.25) is 11.2 Å². The van der Waals surface area contributed by atoms with Gasteiger partial charge in [-0.05, 0) is 37.1 Å². The molecule has 0 aliphatic carbocycles. The molecule has 0 bridgehead atoms. The van der Waals surface area contributed by atoms with Crippen molar-refractivity contribution in [3.05, 3.63) is 65.7 Å². The fraction of sp³-hybridized carbons (Fsp3) is 0.100. The molecule has 0 atom stereocenters. The number of benzene rings is 3. The van der Waals surface area contributed by atoms with Gasteiger partial charge in [-0.3, -0.25) is 0 Å². The minimum atomic E-state index is 0.741. The number of aromatic nitrogens is 2. The average Bonchev–Trinajstić information content (AvgIpc) is 2.59. The predicted molar refractivity (Wildman–Crippen MR) is 99.1 cm³/mol. The highest BCUT2D eigenvalue weighted by Crippen LogP contribution is 2.26. The van der Waals surface area contributed by atoms with Crippen LogP contribution in [-0.2, 0) is 0 Å². The minimum Gasteiger partial charge on any atom is -0.398 e. The first-order valence-electron chi connectivity index (χ1n) is 7.92. The van der Waals surface area contributed by atoms with Crippen LogP contribution in [0.2, 0.25) is 0 Å². The van der Waals surface area contributed by atoms with Gasteiger partial charge in [0.25, 0.3) is 5.52 Å². The second-order valence-electron chi connectivity index (χ2n) is 6.14.